The molecule has 0 spiro atoms. The van der Waals surface area contributed by atoms with Gasteiger partial charge in [0, 0.05) is 12.6 Å². The van der Waals surface area contributed by atoms with E-state index in [0.29, 0.717) is 0 Å². The maximum Gasteiger partial charge on any atom is 0.416 e. The van der Waals surface area contributed by atoms with Gasteiger partial charge in [0.2, 0.25) is 0 Å². The predicted molar refractivity (Wildman–Crippen MR) is 61.9 cm³/mol. The summed E-state index contributed by atoms with van der Waals surface area (Å²) in [5, 5.41) is 0. The minimum atomic E-state index is -4.37. The summed E-state index contributed by atoms with van der Waals surface area (Å²) in [5.74, 6) is 0. The molecule has 4 N–H and O–H groups in total. The van der Waals surface area contributed by atoms with Crippen LogP contribution in [0.25, 0.3) is 0 Å². The minimum Gasteiger partial charge on any atom is -0.329 e. The summed E-state index contributed by atoms with van der Waals surface area (Å²) in [6.45, 7) is -0.00685. The van der Waals surface area contributed by atoms with E-state index in [-0.39, 0.29) is 36.9 Å². The standard InChI is InChI=1S/C9H11F3N2.2ClH/c10-9(11,12)7-4-2-1-3-6(7)8(14)5-13;;/h1-4,8H,5,13-14H2;2*1H/t8-;;/m0../s1. The van der Waals surface area contributed by atoms with Crippen molar-refractivity contribution in [2.45, 2.75) is 12.2 Å². The first kappa shape index (κ1) is 17.9. The third kappa shape index (κ3) is 4.17. The lowest BCUT2D eigenvalue weighted by Gasteiger charge is -2.16. The summed E-state index contributed by atoms with van der Waals surface area (Å²) in [5.41, 5.74) is 10.0. The Morgan fingerprint density at radius 2 is 1.62 bits per heavy atom. The third-order valence-corrected chi connectivity index (χ3v) is 1.92. The van der Waals surface area contributed by atoms with Gasteiger partial charge in [0.15, 0.2) is 0 Å². The van der Waals surface area contributed by atoms with Crippen LogP contribution in [0.2, 0.25) is 0 Å². The highest BCUT2D eigenvalue weighted by atomic mass is 35.5. The zero-order chi connectivity index (χ0) is 10.8. The molecule has 16 heavy (non-hydrogen) atoms. The van der Waals surface area contributed by atoms with Crippen molar-refractivity contribution in [2.75, 3.05) is 6.54 Å². The first-order valence-electron chi connectivity index (χ1n) is 4.08. The Kier molecular flexibility index (Phi) is 7.78. The second-order valence-electron chi connectivity index (χ2n) is 2.93. The normalized spacial score (nSPS) is 12.3. The largest absolute Gasteiger partial charge is 0.416 e. The summed E-state index contributed by atoms with van der Waals surface area (Å²) < 4.78 is 37.3. The van der Waals surface area contributed by atoms with Crippen LogP contribution in [0.1, 0.15) is 17.2 Å². The maximum absolute atomic E-state index is 12.4. The first-order valence-corrected chi connectivity index (χ1v) is 4.08. The minimum absolute atomic E-state index is 0. The predicted octanol–water partition coefficient (Wildman–Crippen LogP) is 2.51. The Morgan fingerprint density at radius 3 is 2.06 bits per heavy atom. The van der Waals surface area contributed by atoms with Crippen LogP contribution in [0, 0.1) is 0 Å². The van der Waals surface area contributed by atoms with Gasteiger partial charge < -0.3 is 11.5 Å². The number of benzene rings is 1. The van der Waals surface area contributed by atoms with E-state index in [2.05, 4.69) is 0 Å². The molecule has 1 aromatic carbocycles. The van der Waals surface area contributed by atoms with Gasteiger partial charge in [0.25, 0.3) is 0 Å². The summed E-state index contributed by atoms with van der Waals surface area (Å²) >= 11 is 0. The summed E-state index contributed by atoms with van der Waals surface area (Å²) in [4.78, 5) is 0. The quantitative estimate of drug-likeness (QED) is 0.872. The fourth-order valence-electron chi connectivity index (χ4n) is 1.21. The number of hydrogen-bond donors (Lipinski definition) is 2. The Morgan fingerprint density at radius 1 is 1.12 bits per heavy atom. The van der Waals surface area contributed by atoms with E-state index in [1.54, 1.807) is 0 Å². The average molecular weight is 277 g/mol. The second-order valence-corrected chi connectivity index (χ2v) is 2.93. The molecule has 1 aromatic rings. The molecule has 0 heterocycles. The lowest BCUT2D eigenvalue weighted by Crippen LogP contribution is -2.24. The average Bonchev–Trinajstić information content (AvgIpc) is 2.15. The molecule has 7 heteroatoms. The van der Waals surface area contributed by atoms with Gasteiger partial charge in [-0.3, -0.25) is 0 Å². The van der Waals surface area contributed by atoms with E-state index in [1.165, 1.54) is 18.2 Å². The van der Waals surface area contributed by atoms with Gasteiger partial charge in [-0.2, -0.15) is 13.2 Å². The van der Waals surface area contributed by atoms with Crippen molar-refractivity contribution in [1.29, 1.82) is 0 Å². The van der Waals surface area contributed by atoms with Crippen molar-refractivity contribution in [3.8, 4) is 0 Å². The van der Waals surface area contributed by atoms with E-state index >= 15 is 0 Å². The Labute approximate surface area is 104 Å². The van der Waals surface area contributed by atoms with Crippen LogP contribution in [-0.4, -0.2) is 6.54 Å². The molecule has 2 nitrogen and oxygen atoms in total. The lowest BCUT2D eigenvalue weighted by molar-refractivity contribution is -0.138. The van der Waals surface area contributed by atoms with Crippen LogP contribution in [0.15, 0.2) is 24.3 Å². The van der Waals surface area contributed by atoms with Gasteiger partial charge in [0.1, 0.15) is 0 Å². The fourth-order valence-corrected chi connectivity index (χ4v) is 1.21. The molecule has 0 unspecified atom stereocenters. The summed E-state index contributed by atoms with van der Waals surface area (Å²) in [6.07, 6.45) is -4.37. The highest BCUT2D eigenvalue weighted by Gasteiger charge is 2.33. The lowest BCUT2D eigenvalue weighted by atomic mass is 10.0. The first-order chi connectivity index (χ1) is 6.46. The molecular formula is C9H13Cl2F3N2. The van der Waals surface area contributed by atoms with E-state index in [4.69, 9.17) is 11.5 Å². The Bertz CT molecular complexity index is 318. The monoisotopic (exact) mass is 276 g/mol. The molecule has 1 rings (SSSR count). The maximum atomic E-state index is 12.4. The molecule has 1 atom stereocenters. The zero-order valence-electron chi connectivity index (χ0n) is 8.20. The van der Waals surface area contributed by atoms with E-state index in [1.807, 2.05) is 0 Å². The molecule has 0 aliphatic rings. The van der Waals surface area contributed by atoms with Gasteiger partial charge in [-0.05, 0) is 11.6 Å². The number of hydrogen-bond acceptors (Lipinski definition) is 2. The number of nitrogens with two attached hydrogens (primary N) is 2. The van der Waals surface area contributed by atoms with Crippen molar-refractivity contribution in [1.82, 2.24) is 0 Å². The van der Waals surface area contributed by atoms with Gasteiger partial charge in [-0.25, -0.2) is 0 Å². The van der Waals surface area contributed by atoms with Gasteiger partial charge in [0.05, 0.1) is 5.56 Å². The molecule has 0 bridgehead atoms. The van der Waals surface area contributed by atoms with Gasteiger partial charge >= 0.3 is 6.18 Å². The fraction of sp³-hybridized carbons (Fsp3) is 0.333. The van der Waals surface area contributed by atoms with Crippen LogP contribution in [0.5, 0.6) is 0 Å². The smallest absolute Gasteiger partial charge is 0.329 e. The summed E-state index contributed by atoms with van der Waals surface area (Å²) in [7, 11) is 0. The summed E-state index contributed by atoms with van der Waals surface area (Å²) in [6, 6.07) is 4.42. The van der Waals surface area contributed by atoms with Gasteiger partial charge in [-0.15, -0.1) is 24.8 Å². The van der Waals surface area contributed by atoms with Crippen molar-refractivity contribution < 1.29 is 13.2 Å². The molecule has 0 saturated carbocycles. The highest BCUT2D eigenvalue weighted by molar-refractivity contribution is 5.85. The molecule has 0 radical (unpaired) electrons. The SMILES string of the molecule is Cl.Cl.NC[C@H](N)c1ccccc1C(F)(F)F. The molecule has 94 valence electrons. The van der Waals surface area contributed by atoms with E-state index in [0.717, 1.165) is 6.07 Å². The van der Waals surface area contributed by atoms with Crippen LogP contribution in [-0.2, 0) is 6.18 Å². The molecule has 0 fully saturated rings. The van der Waals surface area contributed by atoms with Crippen molar-refractivity contribution in [2.24, 2.45) is 11.5 Å². The van der Waals surface area contributed by atoms with Crippen molar-refractivity contribution >= 4 is 24.8 Å². The van der Waals surface area contributed by atoms with Gasteiger partial charge in [-0.1, -0.05) is 18.2 Å². The molecule has 0 aliphatic heterocycles. The Balaban J connectivity index is 0. The molecule has 0 aliphatic carbocycles. The molecule has 0 amide bonds. The number of alkyl halides is 3. The second kappa shape index (κ2) is 6.96. The van der Waals surface area contributed by atoms with Crippen molar-refractivity contribution in [3.05, 3.63) is 35.4 Å². The number of halogens is 5. The number of rotatable bonds is 2. The van der Waals surface area contributed by atoms with E-state index in [9.17, 15) is 13.2 Å². The van der Waals surface area contributed by atoms with Crippen LogP contribution in [0.3, 0.4) is 0 Å². The van der Waals surface area contributed by atoms with Crippen molar-refractivity contribution in [3.63, 3.8) is 0 Å². The third-order valence-electron chi connectivity index (χ3n) is 1.92. The molecule has 0 saturated heterocycles. The topological polar surface area (TPSA) is 52.0 Å². The zero-order valence-corrected chi connectivity index (χ0v) is 9.83. The van der Waals surface area contributed by atoms with Crippen LogP contribution in [0.4, 0.5) is 13.2 Å². The molecule has 0 aromatic heterocycles. The molecular weight excluding hydrogens is 264 g/mol. The Hall–Kier alpha value is -0.490. The highest BCUT2D eigenvalue weighted by Crippen LogP contribution is 2.33. The van der Waals surface area contributed by atoms with Crippen LogP contribution < -0.4 is 11.5 Å². The van der Waals surface area contributed by atoms with E-state index < -0.39 is 17.8 Å². The van der Waals surface area contributed by atoms with Crippen LogP contribution >= 0.6 is 24.8 Å².